The average Bonchev–Trinajstić information content (AvgIpc) is 3.30. The van der Waals surface area contributed by atoms with Gasteiger partial charge in [0.05, 0.1) is 12.9 Å². The molecule has 1 fully saturated rings. The van der Waals surface area contributed by atoms with Gasteiger partial charge in [-0.2, -0.15) is 0 Å². The Morgan fingerprint density at radius 2 is 2.24 bits per heavy atom. The van der Waals surface area contributed by atoms with Crippen LogP contribution in [0.4, 0.5) is 0 Å². The number of hydrogen-bond acceptors (Lipinski definition) is 4. The lowest BCUT2D eigenvalue weighted by Gasteiger charge is -2.22. The highest BCUT2D eigenvalue weighted by Gasteiger charge is 2.21. The first kappa shape index (κ1) is 19.8. The van der Waals surface area contributed by atoms with Crippen LogP contribution in [-0.2, 0) is 15.9 Å². The SMILES string of the molecule is CCOCCCN=C(NCCc1ccco1)N(C)CCOCC1CC1. The third-order valence-corrected chi connectivity index (χ3v) is 4.13. The summed E-state index contributed by atoms with van der Waals surface area (Å²) in [6, 6.07) is 3.91. The Bertz CT molecular complexity index is 472. The number of nitrogens with one attached hydrogen (secondary N) is 1. The summed E-state index contributed by atoms with van der Waals surface area (Å²) in [5.74, 6) is 2.71. The van der Waals surface area contributed by atoms with Crippen LogP contribution >= 0.6 is 0 Å². The summed E-state index contributed by atoms with van der Waals surface area (Å²) in [5, 5.41) is 3.43. The zero-order valence-corrected chi connectivity index (χ0v) is 15.7. The summed E-state index contributed by atoms with van der Waals surface area (Å²) in [6.45, 7) is 7.57. The number of furan rings is 1. The van der Waals surface area contributed by atoms with Crippen LogP contribution in [0.2, 0.25) is 0 Å². The molecular weight excluding hydrogens is 318 g/mol. The second-order valence-corrected chi connectivity index (χ2v) is 6.45. The van der Waals surface area contributed by atoms with Crippen LogP contribution in [0.25, 0.3) is 0 Å². The standard InChI is InChI=1S/C19H33N3O3/c1-3-23-13-5-10-20-19(21-11-9-18-6-4-14-25-18)22(2)12-15-24-16-17-7-8-17/h4,6,14,17H,3,5,7-13,15-16H2,1-2H3,(H,20,21). The van der Waals surface area contributed by atoms with Crippen molar-refractivity contribution in [1.29, 1.82) is 0 Å². The van der Waals surface area contributed by atoms with Crippen LogP contribution in [0.15, 0.2) is 27.8 Å². The molecule has 1 aromatic heterocycles. The van der Waals surface area contributed by atoms with Crippen LogP contribution in [0.1, 0.15) is 31.9 Å². The fourth-order valence-electron chi connectivity index (χ4n) is 2.40. The number of rotatable bonds is 13. The van der Waals surface area contributed by atoms with Gasteiger partial charge in [-0.15, -0.1) is 0 Å². The smallest absolute Gasteiger partial charge is 0.193 e. The highest BCUT2D eigenvalue weighted by atomic mass is 16.5. The molecule has 6 nitrogen and oxygen atoms in total. The fourth-order valence-corrected chi connectivity index (χ4v) is 2.40. The molecule has 1 saturated carbocycles. The first-order valence-corrected chi connectivity index (χ1v) is 9.47. The Morgan fingerprint density at radius 3 is 2.96 bits per heavy atom. The van der Waals surface area contributed by atoms with E-state index in [9.17, 15) is 0 Å². The number of likely N-dealkylation sites (N-methyl/N-ethyl adjacent to an activating group) is 1. The molecule has 1 N–H and O–H groups in total. The van der Waals surface area contributed by atoms with E-state index in [4.69, 9.17) is 18.9 Å². The van der Waals surface area contributed by atoms with Crippen LogP contribution in [-0.4, -0.2) is 64.0 Å². The molecule has 142 valence electrons. The summed E-state index contributed by atoms with van der Waals surface area (Å²) >= 11 is 0. The van der Waals surface area contributed by atoms with E-state index in [0.29, 0.717) is 0 Å². The fraction of sp³-hybridized carbons (Fsp3) is 0.737. The number of nitrogens with zero attached hydrogens (tertiary/aromatic N) is 2. The number of ether oxygens (including phenoxy) is 2. The molecule has 0 aromatic carbocycles. The van der Waals surface area contributed by atoms with Crippen LogP contribution in [0.5, 0.6) is 0 Å². The molecule has 0 unspecified atom stereocenters. The van der Waals surface area contributed by atoms with Crippen LogP contribution < -0.4 is 5.32 Å². The molecular formula is C19H33N3O3. The van der Waals surface area contributed by atoms with E-state index in [-0.39, 0.29) is 0 Å². The molecule has 0 radical (unpaired) electrons. The van der Waals surface area contributed by atoms with Crippen molar-refractivity contribution >= 4 is 5.96 Å². The average molecular weight is 351 g/mol. The van der Waals surface area contributed by atoms with Gasteiger partial charge in [0, 0.05) is 52.9 Å². The van der Waals surface area contributed by atoms with E-state index in [1.54, 1.807) is 6.26 Å². The Labute approximate surface area is 151 Å². The Morgan fingerprint density at radius 1 is 1.36 bits per heavy atom. The molecule has 25 heavy (non-hydrogen) atoms. The van der Waals surface area contributed by atoms with Gasteiger partial charge in [-0.05, 0) is 44.2 Å². The van der Waals surface area contributed by atoms with E-state index in [1.807, 2.05) is 19.1 Å². The number of hydrogen-bond donors (Lipinski definition) is 1. The first-order valence-electron chi connectivity index (χ1n) is 9.47. The molecule has 1 aliphatic rings. The van der Waals surface area contributed by atoms with Gasteiger partial charge in [0.1, 0.15) is 5.76 Å². The van der Waals surface area contributed by atoms with Gasteiger partial charge >= 0.3 is 0 Å². The van der Waals surface area contributed by atoms with Gasteiger partial charge in [0.25, 0.3) is 0 Å². The van der Waals surface area contributed by atoms with Crippen molar-refractivity contribution in [3.8, 4) is 0 Å². The molecule has 0 atom stereocenters. The molecule has 2 rings (SSSR count). The summed E-state index contributed by atoms with van der Waals surface area (Å²) in [4.78, 5) is 6.84. The van der Waals surface area contributed by atoms with Gasteiger partial charge in [0.15, 0.2) is 5.96 Å². The molecule has 6 heteroatoms. The maximum atomic E-state index is 5.74. The third kappa shape index (κ3) is 8.93. The van der Waals surface area contributed by atoms with Gasteiger partial charge in [-0.1, -0.05) is 0 Å². The lowest BCUT2D eigenvalue weighted by molar-refractivity contribution is 0.115. The van der Waals surface area contributed by atoms with Gasteiger partial charge in [-0.25, -0.2) is 0 Å². The second-order valence-electron chi connectivity index (χ2n) is 6.45. The summed E-state index contributed by atoms with van der Waals surface area (Å²) in [5.41, 5.74) is 0. The predicted octanol–water partition coefficient (Wildman–Crippen LogP) is 2.55. The molecule has 0 aliphatic heterocycles. The number of guanidine groups is 1. The monoisotopic (exact) mass is 351 g/mol. The van der Waals surface area contributed by atoms with Crippen molar-refractivity contribution < 1.29 is 13.9 Å². The highest BCUT2D eigenvalue weighted by Crippen LogP contribution is 2.28. The van der Waals surface area contributed by atoms with Crippen molar-refractivity contribution in [2.75, 3.05) is 53.1 Å². The van der Waals surface area contributed by atoms with E-state index in [0.717, 1.165) is 76.5 Å². The molecule has 0 bridgehead atoms. The van der Waals surface area contributed by atoms with E-state index in [1.165, 1.54) is 12.8 Å². The van der Waals surface area contributed by atoms with E-state index in [2.05, 4.69) is 17.3 Å². The lowest BCUT2D eigenvalue weighted by Crippen LogP contribution is -2.41. The molecule has 1 heterocycles. The van der Waals surface area contributed by atoms with E-state index < -0.39 is 0 Å². The molecule has 0 amide bonds. The first-order chi connectivity index (χ1) is 12.3. The molecule has 0 spiro atoms. The zero-order valence-electron chi connectivity index (χ0n) is 15.7. The van der Waals surface area contributed by atoms with Crippen molar-refractivity contribution in [3.63, 3.8) is 0 Å². The minimum Gasteiger partial charge on any atom is -0.469 e. The van der Waals surface area contributed by atoms with Crippen molar-refractivity contribution in [1.82, 2.24) is 10.2 Å². The van der Waals surface area contributed by atoms with Crippen molar-refractivity contribution in [2.45, 2.75) is 32.6 Å². The van der Waals surface area contributed by atoms with Gasteiger partial charge < -0.3 is 24.1 Å². The summed E-state index contributed by atoms with van der Waals surface area (Å²) in [7, 11) is 2.06. The third-order valence-electron chi connectivity index (χ3n) is 4.13. The Balaban J connectivity index is 1.71. The summed E-state index contributed by atoms with van der Waals surface area (Å²) < 4.78 is 16.5. The summed E-state index contributed by atoms with van der Waals surface area (Å²) in [6.07, 6.45) is 6.15. The van der Waals surface area contributed by atoms with Crippen LogP contribution in [0, 0.1) is 5.92 Å². The second kappa shape index (κ2) is 11.9. The topological polar surface area (TPSA) is 59.2 Å². The van der Waals surface area contributed by atoms with E-state index >= 15 is 0 Å². The van der Waals surface area contributed by atoms with Crippen molar-refractivity contribution in [2.24, 2.45) is 10.9 Å². The highest BCUT2D eigenvalue weighted by molar-refractivity contribution is 5.79. The van der Waals surface area contributed by atoms with Gasteiger partial charge in [0.2, 0.25) is 0 Å². The molecule has 1 aromatic rings. The lowest BCUT2D eigenvalue weighted by atomic mass is 10.3. The Kier molecular flexibility index (Phi) is 9.44. The number of aliphatic imine (C=N–C) groups is 1. The minimum atomic E-state index is 0.741. The quantitative estimate of drug-likeness (QED) is 0.336. The normalized spacial score (nSPS) is 14.7. The van der Waals surface area contributed by atoms with Crippen molar-refractivity contribution in [3.05, 3.63) is 24.2 Å². The Hall–Kier alpha value is -1.53. The maximum absolute atomic E-state index is 5.74. The molecule has 0 saturated heterocycles. The maximum Gasteiger partial charge on any atom is 0.193 e. The zero-order chi connectivity index (χ0) is 17.7. The molecule has 1 aliphatic carbocycles. The van der Waals surface area contributed by atoms with Crippen LogP contribution in [0.3, 0.4) is 0 Å². The largest absolute Gasteiger partial charge is 0.469 e. The minimum absolute atomic E-state index is 0.741. The van der Waals surface area contributed by atoms with Gasteiger partial charge in [-0.3, -0.25) is 4.99 Å². The predicted molar refractivity (Wildman–Crippen MR) is 100.0 cm³/mol.